The summed E-state index contributed by atoms with van der Waals surface area (Å²) in [5.74, 6) is 5.10. The van der Waals surface area contributed by atoms with E-state index in [1.807, 2.05) is 30.3 Å². The van der Waals surface area contributed by atoms with E-state index in [1.165, 1.54) is 36.2 Å². The van der Waals surface area contributed by atoms with Crippen LogP contribution >= 0.6 is 0 Å². The van der Waals surface area contributed by atoms with Gasteiger partial charge >= 0.3 is 0 Å². The molecule has 28 heavy (non-hydrogen) atoms. The number of amides is 2. The number of para-hydroxylation sites is 1. The number of piperazine rings is 1. The van der Waals surface area contributed by atoms with E-state index in [1.54, 1.807) is 13.0 Å². The number of likely N-dealkylation sites (N-methyl/N-ethyl adjacent to an activating group) is 1. The average Bonchev–Trinajstić information content (AvgIpc) is 2.69. The van der Waals surface area contributed by atoms with E-state index in [4.69, 9.17) is 5.84 Å². The van der Waals surface area contributed by atoms with E-state index in [9.17, 15) is 19.7 Å². The number of nitro groups is 1. The fourth-order valence-corrected chi connectivity index (χ4v) is 3.30. The number of benzene rings is 2. The molecule has 0 saturated carbocycles. The van der Waals surface area contributed by atoms with Gasteiger partial charge < -0.3 is 4.90 Å². The third-order valence-corrected chi connectivity index (χ3v) is 4.91. The molecule has 0 spiro atoms. The largest absolute Gasteiger partial charge is 0.309 e. The molecule has 1 unspecified atom stereocenters. The highest BCUT2D eigenvalue weighted by atomic mass is 16.6. The maximum Gasteiger partial charge on any atom is 0.285 e. The van der Waals surface area contributed by atoms with Gasteiger partial charge in [0.05, 0.1) is 10.5 Å². The number of carbonyl (C=O) groups is 2. The lowest BCUT2D eigenvalue weighted by Crippen LogP contribution is -2.68. The normalized spacial score (nSPS) is 21.3. The lowest BCUT2D eigenvalue weighted by Gasteiger charge is -2.44. The number of nitrogens with two attached hydrogens (primary N) is 1. The monoisotopic (exact) mass is 380 g/mol. The van der Waals surface area contributed by atoms with Crippen molar-refractivity contribution in [2.24, 2.45) is 5.84 Å². The van der Waals surface area contributed by atoms with Crippen molar-refractivity contribution in [1.29, 1.82) is 0 Å². The summed E-state index contributed by atoms with van der Waals surface area (Å²) in [5.41, 5.74) is -0.374. The molecule has 1 aliphatic heterocycles. The summed E-state index contributed by atoms with van der Waals surface area (Å²) < 4.78 is 0. The predicted octanol–water partition coefficient (Wildman–Crippen LogP) is 2.11. The molecule has 1 aliphatic rings. The second-order valence-electron chi connectivity index (χ2n) is 6.82. The van der Waals surface area contributed by atoms with Crippen LogP contribution in [0.2, 0.25) is 0 Å². The highest BCUT2D eigenvalue weighted by molar-refractivity contribution is 6.08. The van der Waals surface area contributed by atoms with Crippen molar-refractivity contribution in [3.8, 4) is 0 Å². The van der Waals surface area contributed by atoms with Crippen molar-refractivity contribution in [3.63, 3.8) is 0 Å². The lowest BCUT2D eigenvalue weighted by atomic mass is 9.88. The van der Waals surface area contributed by atoms with E-state index in [0.29, 0.717) is 0 Å². The zero-order valence-corrected chi connectivity index (χ0v) is 15.5. The number of carbonyl (C=O) groups excluding carboxylic acids is 2. The number of rotatable bonds is 4. The Balaban J connectivity index is 2.00. The molecule has 0 radical (unpaired) electrons. The van der Waals surface area contributed by atoms with Crippen molar-refractivity contribution in [2.45, 2.75) is 18.9 Å². The molecule has 144 valence electrons. The maximum atomic E-state index is 13.1. The van der Waals surface area contributed by atoms with E-state index >= 15 is 0 Å². The molecule has 2 aromatic carbocycles. The Bertz CT molecular complexity index is 973. The Morgan fingerprint density at radius 1 is 1.11 bits per heavy atom. The smallest absolute Gasteiger partial charge is 0.285 e. The molecular formula is C20H20N4O4. The van der Waals surface area contributed by atoms with E-state index < -0.39 is 16.4 Å². The second kappa shape index (κ2) is 7.24. The highest BCUT2D eigenvalue weighted by Gasteiger charge is 2.49. The quantitative estimate of drug-likeness (QED) is 0.287. The van der Waals surface area contributed by atoms with Crippen molar-refractivity contribution < 1.29 is 14.5 Å². The van der Waals surface area contributed by atoms with Gasteiger partial charge in [-0.1, -0.05) is 42.5 Å². The lowest BCUT2D eigenvalue weighted by molar-refractivity contribution is -0.385. The molecule has 2 amide bonds. The number of hydrazine groups is 1. The molecule has 0 aromatic heterocycles. The average molecular weight is 380 g/mol. The third-order valence-electron chi connectivity index (χ3n) is 4.91. The minimum atomic E-state index is -1.27. The van der Waals surface area contributed by atoms with Gasteiger partial charge in [-0.25, -0.2) is 5.84 Å². The van der Waals surface area contributed by atoms with Crippen LogP contribution in [-0.2, 0) is 16.0 Å². The van der Waals surface area contributed by atoms with Crippen LogP contribution in [0.4, 0.5) is 5.69 Å². The number of nitro benzene ring substituents is 1. The number of hydrogen-bond acceptors (Lipinski definition) is 5. The molecule has 1 atom stereocenters. The van der Waals surface area contributed by atoms with Gasteiger partial charge in [0.1, 0.15) is 11.2 Å². The van der Waals surface area contributed by atoms with Gasteiger partial charge in [-0.05, 0) is 24.6 Å². The molecule has 0 bridgehead atoms. The summed E-state index contributed by atoms with van der Waals surface area (Å²) in [6.07, 6.45) is 1.57. The molecular weight excluding hydrogens is 360 g/mol. The molecule has 8 nitrogen and oxygen atoms in total. The van der Waals surface area contributed by atoms with Crippen LogP contribution in [0.1, 0.15) is 18.1 Å². The summed E-state index contributed by atoms with van der Waals surface area (Å²) in [6.45, 7) is 1.61. The number of nitrogens with zero attached hydrogens (tertiary/aromatic N) is 3. The van der Waals surface area contributed by atoms with E-state index in [0.717, 1.165) is 10.6 Å². The van der Waals surface area contributed by atoms with Crippen LogP contribution < -0.4 is 5.84 Å². The third kappa shape index (κ3) is 3.25. The van der Waals surface area contributed by atoms with Gasteiger partial charge in [-0.15, -0.1) is 0 Å². The van der Waals surface area contributed by atoms with Gasteiger partial charge in [0.15, 0.2) is 0 Å². The van der Waals surface area contributed by atoms with Crippen LogP contribution in [-0.4, -0.2) is 39.2 Å². The summed E-state index contributed by atoms with van der Waals surface area (Å²) >= 11 is 0. The summed E-state index contributed by atoms with van der Waals surface area (Å²) in [6, 6.07) is 15.3. The first-order valence-electron chi connectivity index (χ1n) is 8.62. The Labute approximate surface area is 162 Å². The van der Waals surface area contributed by atoms with Crippen molar-refractivity contribution in [3.05, 3.63) is 81.5 Å². The molecule has 1 heterocycles. The minimum Gasteiger partial charge on any atom is -0.309 e. The van der Waals surface area contributed by atoms with Crippen molar-refractivity contribution in [1.82, 2.24) is 9.91 Å². The topological polar surface area (TPSA) is 110 Å². The standard InChI is InChI=1S/C20H20N4O4/c1-20(13-14-8-4-3-5-9-14)19(26)22(2)17(18(25)23(20)21)12-15-10-6-7-11-16(15)24(27)28/h3-12H,13,21H2,1-2H3. The van der Waals surface area contributed by atoms with Crippen LogP contribution in [0.5, 0.6) is 0 Å². The molecule has 1 fully saturated rings. The van der Waals surface area contributed by atoms with Crippen LogP contribution in [0, 0.1) is 10.1 Å². The molecule has 8 heteroatoms. The molecule has 2 aromatic rings. The fourth-order valence-electron chi connectivity index (χ4n) is 3.30. The van der Waals surface area contributed by atoms with Gasteiger partial charge in [0.25, 0.3) is 17.5 Å². The Kier molecular flexibility index (Phi) is 4.98. The Morgan fingerprint density at radius 2 is 1.71 bits per heavy atom. The molecule has 0 aliphatic carbocycles. The first-order valence-corrected chi connectivity index (χ1v) is 8.62. The highest BCUT2D eigenvalue weighted by Crippen LogP contribution is 2.31. The fraction of sp³-hybridized carbons (Fsp3) is 0.200. The molecule has 1 saturated heterocycles. The summed E-state index contributed by atoms with van der Waals surface area (Å²) in [4.78, 5) is 38.0. The van der Waals surface area contributed by atoms with Crippen molar-refractivity contribution >= 4 is 23.6 Å². The molecule has 2 N–H and O–H groups in total. The Hall–Kier alpha value is -3.52. The van der Waals surface area contributed by atoms with Crippen LogP contribution in [0.15, 0.2) is 60.3 Å². The number of hydrogen-bond donors (Lipinski definition) is 1. The molecule has 3 rings (SSSR count). The first kappa shape index (κ1) is 19.2. The predicted molar refractivity (Wildman–Crippen MR) is 103 cm³/mol. The zero-order valence-electron chi connectivity index (χ0n) is 15.5. The van der Waals surface area contributed by atoms with Gasteiger partial charge in [0.2, 0.25) is 0 Å². The van der Waals surface area contributed by atoms with E-state index in [-0.39, 0.29) is 29.3 Å². The van der Waals surface area contributed by atoms with Gasteiger partial charge in [0, 0.05) is 19.5 Å². The maximum absolute atomic E-state index is 13.1. The minimum absolute atomic E-state index is 0.0210. The van der Waals surface area contributed by atoms with Crippen molar-refractivity contribution in [2.75, 3.05) is 7.05 Å². The van der Waals surface area contributed by atoms with E-state index in [2.05, 4.69) is 0 Å². The first-order chi connectivity index (χ1) is 13.3. The van der Waals surface area contributed by atoms with Crippen LogP contribution in [0.25, 0.3) is 6.08 Å². The Morgan fingerprint density at radius 3 is 2.36 bits per heavy atom. The zero-order chi connectivity index (χ0) is 20.5. The SMILES string of the molecule is CN1C(=O)C(C)(Cc2ccccc2)N(N)C(=O)C1=Cc1ccccc1[N+](=O)[O-]. The van der Waals surface area contributed by atoms with Gasteiger partial charge in [-0.2, -0.15) is 0 Å². The summed E-state index contributed by atoms with van der Waals surface area (Å²) in [7, 11) is 1.47. The van der Waals surface area contributed by atoms with Gasteiger partial charge in [-0.3, -0.25) is 24.7 Å². The second-order valence-corrected chi connectivity index (χ2v) is 6.82. The van der Waals surface area contributed by atoms with Crippen LogP contribution in [0.3, 0.4) is 0 Å². The summed E-state index contributed by atoms with van der Waals surface area (Å²) in [5, 5.41) is 12.2.